The number of rotatable bonds is 6. The van der Waals surface area contributed by atoms with Crippen LogP contribution in [0, 0.1) is 5.82 Å². The lowest BCUT2D eigenvalue weighted by Gasteiger charge is -2.30. The van der Waals surface area contributed by atoms with E-state index in [-0.39, 0.29) is 11.9 Å². The van der Waals surface area contributed by atoms with Crippen LogP contribution in [0.2, 0.25) is 0 Å². The average Bonchev–Trinajstić information content (AvgIpc) is 3.54. The van der Waals surface area contributed by atoms with Crippen molar-refractivity contribution in [1.82, 2.24) is 24.6 Å². The molecule has 0 spiro atoms. The lowest BCUT2D eigenvalue weighted by Crippen LogP contribution is -2.34. The minimum Gasteiger partial charge on any atom is -0.377 e. The van der Waals surface area contributed by atoms with Gasteiger partial charge in [0.1, 0.15) is 11.6 Å². The first-order valence-electron chi connectivity index (χ1n) is 11.7. The van der Waals surface area contributed by atoms with Crippen LogP contribution in [0.5, 0.6) is 0 Å². The van der Waals surface area contributed by atoms with Crippen LogP contribution in [0.15, 0.2) is 42.7 Å². The summed E-state index contributed by atoms with van der Waals surface area (Å²) in [5, 5.41) is 4.88. The Hall–Kier alpha value is -2.80. The zero-order valence-corrected chi connectivity index (χ0v) is 18.9. The Morgan fingerprint density at radius 3 is 2.66 bits per heavy atom. The number of hydrogen-bond acceptors (Lipinski definition) is 5. The molecule has 3 heterocycles. The van der Waals surface area contributed by atoms with E-state index in [1.54, 1.807) is 6.20 Å². The minimum atomic E-state index is -0.369. The van der Waals surface area contributed by atoms with Gasteiger partial charge in [-0.3, -0.25) is 9.88 Å². The van der Waals surface area contributed by atoms with E-state index >= 15 is 0 Å². The fourth-order valence-electron chi connectivity index (χ4n) is 5.35. The van der Waals surface area contributed by atoms with Gasteiger partial charge in [0.25, 0.3) is 0 Å². The summed E-state index contributed by atoms with van der Waals surface area (Å²) in [6.07, 6.45) is 10.3. The minimum absolute atomic E-state index is 0.257. The Labute approximate surface area is 189 Å². The average molecular weight is 435 g/mol. The number of aromatic nitrogens is 4. The van der Waals surface area contributed by atoms with Gasteiger partial charge in [0.15, 0.2) is 5.82 Å². The molecule has 5 rings (SSSR count). The summed E-state index contributed by atoms with van der Waals surface area (Å²) in [4.78, 5) is 13.8. The van der Waals surface area contributed by atoms with E-state index < -0.39 is 0 Å². The molecule has 1 aliphatic heterocycles. The van der Waals surface area contributed by atoms with E-state index in [1.165, 1.54) is 55.6 Å². The number of halogens is 1. The molecule has 1 atom stereocenters. The smallest absolute Gasteiger partial charge is 0.183 e. The van der Waals surface area contributed by atoms with Crippen LogP contribution >= 0.6 is 0 Å². The van der Waals surface area contributed by atoms with Crippen LogP contribution in [0.3, 0.4) is 0 Å². The number of pyridine rings is 1. The fourth-order valence-corrected chi connectivity index (χ4v) is 5.35. The molecule has 7 heteroatoms. The number of para-hydroxylation sites is 1. The van der Waals surface area contributed by atoms with Crippen LogP contribution in [0.1, 0.15) is 56.0 Å². The maximum absolute atomic E-state index is 13.9. The van der Waals surface area contributed by atoms with Gasteiger partial charge in [-0.2, -0.15) is 5.10 Å². The summed E-state index contributed by atoms with van der Waals surface area (Å²) in [5.74, 6) is 1.17. The SMILES string of the molecule is CN(C)c1ccccc1Cn1nc(-c2cncc(F)c2)nc1C1CCCN1C1CCCC1. The first-order valence-corrected chi connectivity index (χ1v) is 11.7. The summed E-state index contributed by atoms with van der Waals surface area (Å²) in [5.41, 5.74) is 2.98. The van der Waals surface area contributed by atoms with Crippen molar-refractivity contribution in [3.8, 4) is 11.4 Å². The van der Waals surface area contributed by atoms with E-state index in [1.807, 2.05) is 4.68 Å². The normalized spacial score (nSPS) is 19.7. The highest BCUT2D eigenvalue weighted by Crippen LogP contribution is 2.38. The highest BCUT2D eigenvalue weighted by molar-refractivity contribution is 5.54. The zero-order chi connectivity index (χ0) is 22.1. The number of anilines is 1. The molecule has 1 saturated heterocycles. The first kappa shape index (κ1) is 21.1. The highest BCUT2D eigenvalue weighted by atomic mass is 19.1. The van der Waals surface area contributed by atoms with Crippen molar-refractivity contribution in [3.63, 3.8) is 0 Å². The molecule has 1 saturated carbocycles. The maximum Gasteiger partial charge on any atom is 0.183 e. The number of benzene rings is 1. The maximum atomic E-state index is 13.9. The van der Waals surface area contributed by atoms with Gasteiger partial charge in [0, 0.05) is 37.6 Å². The number of hydrogen-bond donors (Lipinski definition) is 0. The second kappa shape index (κ2) is 8.98. The Morgan fingerprint density at radius 1 is 1.06 bits per heavy atom. The third-order valence-electron chi connectivity index (χ3n) is 6.84. The Balaban J connectivity index is 1.55. The predicted octanol–water partition coefficient (Wildman–Crippen LogP) is 4.67. The van der Waals surface area contributed by atoms with Crippen LogP contribution < -0.4 is 4.90 Å². The standard InChI is InChI=1S/C25H31FN6/c1-30(2)22-11-6-3-8-18(22)17-32-25(23-12-7-13-31(23)21-9-4-5-10-21)28-24(29-32)19-14-20(26)16-27-15-19/h3,6,8,11,14-16,21,23H,4-5,7,9-10,12-13,17H2,1-2H3. The van der Waals surface area contributed by atoms with Crippen molar-refractivity contribution in [1.29, 1.82) is 0 Å². The van der Waals surface area contributed by atoms with Crippen LogP contribution in [0.25, 0.3) is 11.4 Å². The molecule has 2 aliphatic rings. The van der Waals surface area contributed by atoms with Crippen molar-refractivity contribution >= 4 is 5.69 Å². The van der Waals surface area contributed by atoms with Gasteiger partial charge in [-0.15, -0.1) is 0 Å². The molecule has 1 aliphatic carbocycles. The van der Waals surface area contributed by atoms with Gasteiger partial charge in [-0.25, -0.2) is 14.1 Å². The van der Waals surface area contributed by atoms with Crippen LogP contribution in [-0.4, -0.2) is 51.3 Å². The second-order valence-electron chi connectivity index (χ2n) is 9.20. The van der Waals surface area contributed by atoms with Gasteiger partial charge < -0.3 is 4.90 Å². The molecule has 0 bridgehead atoms. The van der Waals surface area contributed by atoms with Crippen molar-refractivity contribution in [2.75, 3.05) is 25.5 Å². The molecule has 32 heavy (non-hydrogen) atoms. The molecule has 0 amide bonds. The van der Waals surface area contributed by atoms with Crippen molar-refractivity contribution in [2.45, 2.75) is 57.2 Å². The summed E-state index contributed by atoms with van der Waals surface area (Å²) < 4.78 is 15.9. The van der Waals surface area contributed by atoms with Crippen LogP contribution in [-0.2, 0) is 6.54 Å². The quantitative estimate of drug-likeness (QED) is 0.564. The van der Waals surface area contributed by atoms with Crippen molar-refractivity contribution in [3.05, 3.63) is 59.9 Å². The molecule has 1 aromatic carbocycles. The molecule has 2 aromatic heterocycles. The third-order valence-corrected chi connectivity index (χ3v) is 6.84. The first-order chi connectivity index (χ1) is 15.6. The van der Waals surface area contributed by atoms with Crippen LogP contribution in [0.4, 0.5) is 10.1 Å². The molecule has 168 valence electrons. The summed E-state index contributed by atoms with van der Waals surface area (Å²) in [7, 11) is 4.12. The van der Waals surface area contributed by atoms with E-state index in [4.69, 9.17) is 10.1 Å². The molecule has 1 unspecified atom stereocenters. The van der Waals surface area contributed by atoms with Gasteiger partial charge in [-0.05, 0) is 49.9 Å². The lowest BCUT2D eigenvalue weighted by atomic mass is 10.1. The van der Waals surface area contributed by atoms with Crippen molar-refractivity contribution in [2.24, 2.45) is 0 Å². The molecule has 0 N–H and O–H groups in total. The third kappa shape index (κ3) is 4.13. The van der Waals surface area contributed by atoms with E-state index in [0.29, 0.717) is 24.0 Å². The molecular formula is C25H31FN6. The predicted molar refractivity (Wildman–Crippen MR) is 124 cm³/mol. The van der Waals surface area contributed by atoms with E-state index in [0.717, 1.165) is 18.8 Å². The Kier molecular flexibility index (Phi) is 5.91. The lowest BCUT2D eigenvalue weighted by molar-refractivity contribution is 0.173. The van der Waals surface area contributed by atoms with Gasteiger partial charge in [0.2, 0.25) is 0 Å². The van der Waals surface area contributed by atoms with Gasteiger partial charge in [-0.1, -0.05) is 31.0 Å². The summed E-state index contributed by atoms with van der Waals surface area (Å²) in [6, 6.07) is 10.8. The zero-order valence-electron chi connectivity index (χ0n) is 18.9. The summed E-state index contributed by atoms with van der Waals surface area (Å²) in [6.45, 7) is 1.75. The highest BCUT2D eigenvalue weighted by Gasteiger charge is 2.36. The molecule has 6 nitrogen and oxygen atoms in total. The largest absolute Gasteiger partial charge is 0.377 e. The van der Waals surface area contributed by atoms with Crippen molar-refractivity contribution < 1.29 is 4.39 Å². The van der Waals surface area contributed by atoms with Gasteiger partial charge >= 0.3 is 0 Å². The fraction of sp³-hybridized carbons (Fsp3) is 0.480. The number of likely N-dealkylation sites (tertiary alicyclic amines) is 1. The monoisotopic (exact) mass is 434 g/mol. The second-order valence-corrected chi connectivity index (χ2v) is 9.20. The topological polar surface area (TPSA) is 50.1 Å². The molecule has 2 fully saturated rings. The molecule has 3 aromatic rings. The molecule has 0 radical (unpaired) electrons. The Morgan fingerprint density at radius 2 is 1.88 bits per heavy atom. The summed E-state index contributed by atoms with van der Waals surface area (Å²) >= 11 is 0. The van der Waals surface area contributed by atoms with Gasteiger partial charge in [0.05, 0.1) is 18.8 Å². The van der Waals surface area contributed by atoms with E-state index in [9.17, 15) is 4.39 Å². The Bertz CT molecular complexity index is 1070. The molecular weight excluding hydrogens is 403 g/mol. The number of nitrogens with zero attached hydrogens (tertiary/aromatic N) is 6. The van der Waals surface area contributed by atoms with E-state index in [2.05, 4.69) is 53.1 Å².